The number of amides is 1. The second-order valence-electron chi connectivity index (χ2n) is 5.32. The first-order valence-electron chi connectivity index (χ1n) is 7.46. The highest BCUT2D eigenvalue weighted by molar-refractivity contribution is 6.31. The minimum atomic E-state index is -0.553. The lowest BCUT2D eigenvalue weighted by molar-refractivity contribution is -0.112. The maximum atomic E-state index is 12.3. The Hall–Kier alpha value is -3.10. The molecule has 0 saturated heterocycles. The number of hydrogen-bond donors (Lipinski definition) is 2. The van der Waals surface area contributed by atoms with Gasteiger partial charge < -0.3 is 10.6 Å². The van der Waals surface area contributed by atoms with Crippen LogP contribution in [0.1, 0.15) is 22.8 Å². The van der Waals surface area contributed by atoms with E-state index in [0.29, 0.717) is 22.0 Å². The average Bonchev–Trinajstić information content (AvgIpc) is 2.59. The van der Waals surface area contributed by atoms with Gasteiger partial charge in [0, 0.05) is 28.2 Å². The quantitative estimate of drug-likeness (QED) is 0.476. The van der Waals surface area contributed by atoms with Crippen LogP contribution < -0.4 is 10.6 Å². The molecule has 0 spiro atoms. The van der Waals surface area contributed by atoms with Gasteiger partial charge in [0.2, 0.25) is 0 Å². The van der Waals surface area contributed by atoms with Crippen molar-refractivity contribution in [3.05, 3.63) is 70.4 Å². The van der Waals surface area contributed by atoms with Crippen LogP contribution in [0.5, 0.6) is 0 Å². The predicted octanol–water partition coefficient (Wildman–Crippen LogP) is 4.31. The molecule has 2 N–H and O–H groups in total. The molecule has 0 heterocycles. The van der Waals surface area contributed by atoms with E-state index in [1.54, 1.807) is 49.4 Å². The normalized spacial score (nSPS) is 10.7. The van der Waals surface area contributed by atoms with Gasteiger partial charge in [0.1, 0.15) is 11.6 Å². The lowest BCUT2D eigenvalue weighted by Gasteiger charge is -2.09. The van der Waals surface area contributed by atoms with Crippen molar-refractivity contribution in [3.63, 3.8) is 0 Å². The molecule has 0 aliphatic carbocycles. The van der Waals surface area contributed by atoms with Gasteiger partial charge in [0.25, 0.3) is 5.91 Å². The van der Waals surface area contributed by atoms with Crippen molar-refractivity contribution in [3.8, 4) is 6.07 Å². The second-order valence-corrected chi connectivity index (χ2v) is 5.72. The SMILES string of the molecule is CC(=O)c1cccc(N/C=C(/C#N)C(=O)Nc2cccc(Cl)c2C)c1. The minimum Gasteiger partial charge on any atom is -0.360 e. The van der Waals surface area contributed by atoms with Gasteiger partial charge in [-0.15, -0.1) is 0 Å². The zero-order valence-corrected chi connectivity index (χ0v) is 14.5. The molecule has 0 atom stereocenters. The monoisotopic (exact) mass is 353 g/mol. The van der Waals surface area contributed by atoms with Gasteiger partial charge in [-0.2, -0.15) is 5.26 Å². The summed E-state index contributed by atoms with van der Waals surface area (Å²) in [4.78, 5) is 23.7. The van der Waals surface area contributed by atoms with E-state index in [0.717, 1.165) is 5.56 Å². The Balaban J connectivity index is 2.16. The Bertz CT molecular complexity index is 898. The largest absolute Gasteiger partial charge is 0.360 e. The summed E-state index contributed by atoms with van der Waals surface area (Å²) in [5.41, 5.74) is 2.30. The molecule has 25 heavy (non-hydrogen) atoms. The Morgan fingerprint density at radius 2 is 1.92 bits per heavy atom. The summed E-state index contributed by atoms with van der Waals surface area (Å²) in [5.74, 6) is -0.620. The fourth-order valence-corrected chi connectivity index (χ4v) is 2.24. The third-order valence-electron chi connectivity index (χ3n) is 3.53. The fraction of sp³-hybridized carbons (Fsp3) is 0.105. The molecule has 126 valence electrons. The number of hydrogen-bond acceptors (Lipinski definition) is 4. The van der Waals surface area contributed by atoms with E-state index in [2.05, 4.69) is 10.6 Å². The van der Waals surface area contributed by atoms with Gasteiger partial charge >= 0.3 is 0 Å². The number of ketones is 1. The highest BCUT2D eigenvalue weighted by Gasteiger charge is 2.11. The number of carbonyl (C=O) groups excluding carboxylic acids is 2. The molecule has 1 amide bonds. The smallest absolute Gasteiger partial charge is 0.267 e. The van der Waals surface area contributed by atoms with Crippen molar-refractivity contribution < 1.29 is 9.59 Å². The molecule has 2 rings (SSSR count). The first-order chi connectivity index (χ1) is 11.9. The van der Waals surface area contributed by atoms with E-state index >= 15 is 0 Å². The number of carbonyl (C=O) groups is 2. The number of benzene rings is 2. The summed E-state index contributed by atoms with van der Waals surface area (Å²) in [6.45, 7) is 3.25. The molecule has 0 bridgehead atoms. The Morgan fingerprint density at radius 3 is 2.60 bits per heavy atom. The highest BCUT2D eigenvalue weighted by atomic mass is 35.5. The topological polar surface area (TPSA) is 82.0 Å². The number of nitrogens with one attached hydrogen (secondary N) is 2. The fourth-order valence-electron chi connectivity index (χ4n) is 2.06. The number of halogens is 1. The van der Waals surface area contributed by atoms with Crippen molar-refractivity contribution in [2.24, 2.45) is 0 Å². The third-order valence-corrected chi connectivity index (χ3v) is 3.94. The average molecular weight is 354 g/mol. The van der Waals surface area contributed by atoms with Crippen molar-refractivity contribution in [1.82, 2.24) is 0 Å². The molecule has 0 radical (unpaired) electrons. The highest BCUT2D eigenvalue weighted by Crippen LogP contribution is 2.23. The maximum absolute atomic E-state index is 12.3. The van der Waals surface area contributed by atoms with Gasteiger partial charge in [-0.25, -0.2) is 0 Å². The number of nitrogens with zero attached hydrogens (tertiary/aromatic N) is 1. The summed E-state index contributed by atoms with van der Waals surface area (Å²) < 4.78 is 0. The molecule has 0 aliphatic heterocycles. The molecule has 0 aliphatic rings. The molecule has 0 aromatic heterocycles. The summed E-state index contributed by atoms with van der Waals surface area (Å²) in [5, 5.41) is 15.3. The van der Waals surface area contributed by atoms with Gasteiger partial charge in [-0.05, 0) is 43.7 Å². The summed E-state index contributed by atoms with van der Waals surface area (Å²) in [7, 11) is 0. The van der Waals surface area contributed by atoms with Crippen LogP contribution in [0.2, 0.25) is 5.02 Å². The molecular weight excluding hydrogens is 338 g/mol. The zero-order valence-electron chi connectivity index (χ0n) is 13.8. The first kappa shape index (κ1) is 18.2. The van der Waals surface area contributed by atoms with E-state index < -0.39 is 5.91 Å². The van der Waals surface area contributed by atoms with E-state index in [-0.39, 0.29) is 11.4 Å². The maximum Gasteiger partial charge on any atom is 0.267 e. The van der Waals surface area contributed by atoms with Crippen molar-refractivity contribution in [2.45, 2.75) is 13.8 Å². The minimum absolute atomic E-state index is 0.0673. The Kier molecular flexibility index (Phi) is 5.93. The molecule has 2 aromatic carbocycles. The lowest BCUT2D eigenvalue weighted by atomic mass is 10.1. The van der Waals surface area contributed by atoms with Crippen LogP contribution in [0.4, 0.5) is 11.4 Å². The molecule has 0 unspecified atom stereocenters. The molecule has 0 fully saturated rings. The van der Waals surface area contributed by atoms with Crippen LogP contribution in [0.25, 0.3) is 0 Å². The van der Waals surface area contributed by atoms with Crippen molar-refractivity contribution in [1.29, 1.82) is 5.26 Å². The van der Waals surface area contributed by atoms with Gasteiger partial charge in [0.15, 0.2) is 5.78 Å². The third kappa shape index (κ3) is 4.69. The van der Waals surface area contributed by atoms with Crippen molar-refractivity contribution >= 4 is 34.7 Å². The zero-order chi connectivity index (χ0) is 18.4. The first-order valence-corrected chi connectivity index (χ1v) is 7.84. The van der Waals surface area contributed by atoms with E-state index in [4.69, 9.17) is 11.6 Å². The molecule has 2 aromatic rings. The predicted molar refractivity (Wildman–Crippen MR) is 98.6 cm³/mol. The Morgan fingerprint density at radius 1 is 1.20 bits per heavy atom. The van der Waals surface area contributed by atoms with Crippen molar-refractivity contribution in [2.75, 3.05) is 10.6 Å². The van der Waals surface area contributed by atoms with Crippen LogP contribution in [0.15, 0.2) is 54.2 Å². The van der Waals surface area contributed by atoms with Gasteiger partial charge in [-0.3, -0.25) is 9.59 Å². The molecule has 0 saturated carbocycles. The van der Waals surface area contributed by atoms with Crippen LogP contribution in [0, 0.1) is 18.3 Å². The van der Waals surface area contributed by atoms with Crippen LogP contribution in [-0.4, -0.2) is 11.7 Å². The number of nitriles is 1. The van der Waals surface area contributed by atoms with Gasteiger partial charge in [0.05, 0.1) is 0 Å². The summed E-state index contributed by atoms with van der Waals surface area (Å²) >= 11 is 6.02. The van der Waals surface area contributed by atoms with E-state index in [1.165, 1.54) is 13.1 Å². The number of anilines is 2. The van der Waals surface area contributed by atoms with E-state index in [9.17, 15) is 14.9 Å². The Labute approximate surface area is 150 Å². The van der Waals surface area contributed by atoms with Gasteiger partial charge in [-0.1, -0.05) is 29.8 Å². The number of rotatable bonds is 5. The van der Waals surface area contributed by atoms with Crippen LogP contribution in [-0.2, 0) is 4.79 Å². The number of Topliss-reactive ketones (excluding diaryl/α,β-unsaturated/α-hetero) is 1. The molecule has 5 nitrogen and oxygen atoms in total. The van der Waals surface area contributed by atoms with Crippen LogP contribution >= 0.6 is 11.6 Å². The molecular formula is C19H16ClN3O2. The summed E-state index contributed by atoms with van der Waals surface area (Å²) in [6.07, 6.45) is 1.30. The standard InChI is InChI=1S/C19H16ClN3O2/c1-12-17(20)7-4-8-18(12)23-19(25)15(10-21)11-22-16-6-3-5-14(9-16)13(2)24/h3-9,11,22H,1-2H3,(H,23,25)/b15-11-. The van der Waals surface area contributed by atoms with E-state index in [1.807, 2.05) is 6.07 Å². The summed E-state index contributed by atoms with van der Waals surface area (Å²) in [6, 6.07) is 13.8. The van der Waals surface area contributed by atoms with Crippen LogP contribution in [0.3, 0.4) is 0 Å². The molecule has 6 heteroatoms. The second kappa shape index (κ2) is 8.13. The lowest BCUT2D eigenvalue weighted by Crippen LogP contribution is -2.15.